The molecule has 0 unspecified atom stereocenters. The van der Waals surface area contributed by atoms with Crippen molar-refractivity contribution in [3.8, 4) is 0 Å². The van der Waals surface area contributed by atoms with Gasteiger partial charge in [-0.2, -0.15) is 10.2 Å². The van der Waals surface area contributed by atoms with E-state index < -0.39 is 0 Å². The van der Waals surface area contributed by atoms with Crippen LogP contribution in [0.3, 0.4) is 0 Å². The molecule has 1 aliphatic heterocycles. The summed E-state index contributed by atoms with van der Waals surface area (Å²) >= 11 is 0. The molecule has 2 fully saturated rings. The Labute approximate surface area is 118 Å². The topological polar surface area (TPSA) is 41.9 Å². The molecule has 3 heterocycles. The first kappa shape index (κ1) is 11.8. The maximum atomic E-state index is 4.20. The van der Waals surface area contributed by atoms with E-state index in [9.17, 15) is 0 Å². The third kappa shape index (κ3) is 2.05. The maximum absolute atomic E-state index is 4.20. The van der Waals surface area contributed by atoms with Crippen molar-refractivity contribution in [2.75, 3.05) is 18.0 Å². The minimum atomic E-state index is 0.580. The number of rotatable bonds is 3. The summed E-state index contributed by atoms with van der Waals surface area (Å²) in [5.41, 5.74) is 3.17. The predicted molar refractivity (Wildman–Crippen MR) is 77.3 cm³/mol. The molecule has 1 saturated carbocycles. The highest BCUT2D eigenvalue weighted by atomic mass is 15.2. The largest absolute Gasteiger partial charge is 0.369 e. The van der Waals surface area contributed by atoms with Gasteiger partial charge in [0, 0.05) is 30.9 Å². The Balaban J connectivity index is 1.30. The van der Waals surface area contributed by atoms with Crippen LogP contribution in [0.1, 0.15) is 18.4 Å². The van der Waals surface area contributed by atoms with Gasteiger partial charge < -0.3 is 4.90 Å². The van der Waals surface area contributed by atoms with Gasteiger partial charge in [-0.1, -0.05) is 6.07 Å². The van der Waals surface area contributed by atoms with Crippen LogP contribution in [0.25, 0.3) is 0 Å². The average Bonchev–Trinajstić information content (AvgIpc) is 2.42. The highest BCUT2D eigenvalue weighted by molar-refractivity contribution is 5.47. The van der Waals surface area contributed by atoms with Crippen molar-refractivity contribution in [1.82, 2.24) is 15.2 Å². The Morgan fingerprint density at radius 3 is 2.70 bits per heavy atom. The molecule has 4 rings (SSSR count). The molecule has 4 heteroatoms. The molecule has 0 amide bonds. The summed E-state index contributed by atoms with van der Waals surface area (Å²) in [7, 11) is 0. The van der Waals surface area contributed by atoms with Crippen LogP contribution in [0.4, 0.5) is 5.69 Å². The number of anilines is 1. The van der Waals surface area contributed by atoms with E-state index >= 15 is 0 Å². The summed E-state index contributed by atoms with van der Waals surface area (Å²) in [6.45, 7) is 2.37. The van der Waals surface area contributed by atoms with Gasteiger partial charge in [0.15, 0.2) is 0 Å². The van der Waals surface area contributed by atoms with E-state index in [4.69, 9.17) is 0 Å². The lowest BCUT2D eigenvalue weighted by atomic mass is 9.56. The van der Waals surface area contributed by atoms with Crippen molar-refractivity contribution in [3.63, 3.8) is 0 Å². The first-order valence-corrected chi connectivity index (χ1v) is 7.24. The fourth-order valence-electron chi connectivity index (χ4n) is 3.84. The van der Waals surface area contributed by atoms with Gasteiger partial charge in [-0.25, -0.2) is 0 Å². The summed E-state index contributed by atoms with van der Waals surface area (Å²) < 4.78 is 0. The summed E-state index contributed by atoms with van der Waals surface area (Å²) in [5, 5.41) is 7.78. The normalized spacial score (nSPS) is 20.5. The Morgan fingerprint density at radius 1 is 1.10 bits per heavy atom. The van der Waals surface area contributed by atoms with E-state index in [1.807, 2.05) is 30.7 Å². The van der Waals surface area contributed by atoms with Crippen LogP contribution in [-0.4, -0.2) is 28.3 Å². The molecule has 2 aliphatic rings. The Morgan fingerprint density at radius 2 is 2.00 bits per heavy atom. The zero-order valence-corrected chi connectivity index (χ0v) is 11.4. The molecule has 0 atom stereocenters. The van der Waals surface area contributed by atoms with Crippen LogP contribution in [0.5, 0.6) is 0 Å². The molecule has 102 valence electrons. The second-order valence-corrected chi connectivity index (χ2v) is 6.30. The van der Waals surface area contributed by atoms with Crippen LogP contribution < -0.4 is 4.90 Å². The summed E-state index contributed by atoms with van der Waals surface area (Å²) in [6, 6.07) is 6.27. The second-order valence-electron chi connectivity index (χ2n) is 6.30. The van der Waals surface area contributed by atoms with Crippen LogP contribution >= 0.6 is 0 Å². The molecular formula is C16H18N4. The molecule has 0 bridgehead atoms. The lowest BCUT2D eigenvalue weighted by Crippen LogP contribution is -2.62. The quantitative estimate of drug-likeness (QED) is 0.855. The van der Waals surface area contributed by atoms with E-state index in [1.54, 1.807) is 6.20 Å². The number of aromatic nitrogens is 3. The second kappa shape index (κ2) is 4.54. The van der Waals surface area contributed by atoms with Gasteiger partial charge in [0.1, 0.15) is 0 Å². The number of hydrogen-bond acceptors (Lipinski definition) is 4. The van der Waals surface area contributed by atoms with Crippen molar-refractivity contribution in [2.24, 2.45) is 11.3 Å². The van der Waals surface area contributed by atoms with Crippen molar-refractivity contribution in [2.45, 2.75) is 19.3 Å². The molecule has 4 nitrogen and oxygen atoms in total. The Hall–Kier alpha value is -1.97. The van der Waals surface area contributed by atoms with Gasteiger partial charge in [-0.05, 0) is 42.9 Å². The van der Waals surface area contributed by atoms with E-state index in [-0.39, 0.29) is 0 Å². The van der Waals surface area contributed by atoms with E-state index in [0.29, 0.717) is 5.41 Å². The summed E-state index contributed by atoms with van der Waals surface area (Å²) in [4.78, 5) is 6.61. The van der Waals surface area contributed by atoms with Crippen molar-refractivity contribution in [1.29, 1.82) is 0 Å². The predicted octanol–water partition coefficient (Wildman–Crippen LogP) is 2.33. The van der Waals surface area contributed by atoms with Crippen LogP contribution in [0.15, 0.2) is 43.0 Å². The Bertz CT molecular complexity index is 570. The average molecular weight is 266 g/mol. The smallest absolute Gasteiger partial charge is 0.0729 e. The van der Waals surface area contributed by atoms with Crippen molar-refractivity contribution in [3.05, 3.63) is 48.5 Å². The molecule has 20 heavy (non-hydrogen) atoms. The summed E-state index contributed by atoms with van der Waals surface area (Å²) in [6.07, 6.45) is 11.4. The molecule has 1 saturated heterocycles. The highest BCUT2D eigenvalue weighted by Crippen LogP contribution is 2.53. The van der Waals surface area contributed by atoms with E-state index in [0.717, 1.165) is 5.92 Å². The van der Waals surface area contributed by atoms with E-state index in [1.165, 1.54) is 43.6 Å². The molecule has 1 spiro atoms. The first-order chi connectivity index (χ1) is 9.83. The van der Waals surface area contributed by atoms with Crippen molar-refractivity contribution >= 4 is 5.69 Å². The van der Waals surface area contributed by atoms with Crippen molar-refractivity contribution < 1.29 is 0 Å². The Kier molecular flexibility index (Phi) is 2.69. The SMILES string of the molecule is c1cncc(CC2CC3(C2)CN(c2ccnnc2)C3)c1. The zero-order valence-electron chi connectivity index (χ0n) is 11.4. The monoisotopic (exact) mass is 266 g/mol. The molecular weight excluding hydrogens is 248 g/mol. The lowest BCUT2D eigenvalue weighted by Gasteiger charge is -2.60. The minimum Gasteiger partial charge on any atom is -0.369 e. The lowest BCUT2D eigenvalue weighted by molar-refractivity contribution is 0.0239. The third-order valence-corrected chi connectivity index (χ3v) is 4.68. The maximum Gasteiger partial charge on any atom is 0.0729 e. The van der Waals surface area contributed by atoms with Gasteiger partial charge in [-0.3, -0.25) is 4.98 Å². The summed E-state index contributed by atoms with van der Waals surface area (Å²) in [5.74, 6) is 0.844. The first-order valence-electron chi connectivity index (χ1n) is 7.24. The highest BCUT2D eigenvalue weighted by Gasteiger charge is 2.51. The fraction of sp³-hybridized carbons (Fsp3) is 0.438. The molecule has 0 radical (unpaired) electrons. The van der Waals surface area contributed by atoms with Gasteiger partial charge in [0.25, 0.3) is 0 Å². The molecule has 0 aromatic carbocycles. The fourth-order valence-corrected chi connectivity index (χ4v) is 3.84. The van der Waals surface area contributed by atoms with Gasteiger partial charge in [-0.15, -0.1) is 0 Å². The molecule has 1 aliphatic carbocycles. The number of nitrogens with zero attached hydrogens (tertiary/aromatic N) is 4. The third-order valence-electron chi connectivity index (χ3n) is 4.68. The van der Waals surface area contributed by atoms with Gasteiger partial charge in [0.05, 0.1) is 18.1 Å². The van der Waals surface area contributed by atoms with E-state index in [2.05, 4.69) is 26.1 Å². The number of pyridine rings is 1. The molecule has 2 aromatic heterocycles. The molecule has 0 N–H and O–H groups in total. The van der Waals surface area contributed by atoms with Crippen LogP contribution in [0.2, 0.25) is 0 Å². The van der Waals surface area contributed by atoms with Crippen LogP contribution in [0, 0.1) is 11.3 Å². The standard InChI is InChI=1S/C16H18N4/c1-2-13(9-17-4-1)6-14-7-16(8-14)11-20(12-16)15-3-5-18-19-10-15/h1-5,9-10,14H,6-8,11-12H2. The molecule has 2 aromatic rings. The van der Waals surface area contributed by atoms with Gasteiger partial charge >= 0.3 is 0 Å². The van der Waals surface area contributed by atoms with Crippen LogP contribution in [-0.2, 0) is 6.42 Å². The minimum absolute atomic E-state index is 0.580. The zero-order chi connectivity index (χ0) is 13.4. The van der Waals surface area contributed by atoms with Gasteiger partial charge in [0.2, 0.25) is 0 Å². The number of hydrogen-bond donors (Lipinski definition) is 0.